The van der Waals surface area contributed by atoms with Gasteiger partial charge in [-0.05, 0) is 25.3 Å². The average molecular weight is 298 g/mol. The lowest BCUT2D eigenvalue weighted by Crippen LogP contribution is -2.33. The molecule has 0 saturated heterocycles. The highest BCUT2D eigenvalue weighted by molar-refractivity contribution is 5.92. The first-order chi connectivity index (χ1) is 10.8. The Morgan fingerprint density at radius 3 is 2.91 bits per heavy atom. The molecule has 7 nitrogen and oxygen atoms in total. The Balaban J connectivity index is 1.53. The number of fused-ring (bicyclic) bond motifs is 1. The zero-order valence-electron chi connectivity index (χ0n) is 12.2. The molecule has 7 heteroatoms. The van der Waals surface area contributed by atoms with Crippen LogP contribution in [0, 0.1) is 0 Å². The van der Waals surface area contributed by atoms with Crippen molar-refractivity contribution in [1.29, 1.82) is 0 Å². The first kappa shape index (κ1) is 13.2. The second-order valence-corrected chi connectivity index (χ2v) is 5.83. The van der Waals surface area contributed by atoms with E-state index in [1.807, 2.05) is 4.90 Å². The van der Waals surface area contributed by atoms with Crippen molar-refractivity contribution in [3.63, 3.8) is 0 Å². The summed E-state index contributed by atoms with van der Waals surface area (Å²) in [4.78, 5) is 23.1. The summed E-state index contributed by atoms with van der Waals surface area (Å²) in [6, 6.07) is 2.27. The third kappa shape index (κ3) is 2.54. The van der Waals surface area contributed by atoms with Crippen LogP contribution in [0.4, 0.5) is 5.82 Å². The minimum atomic E-state index is -0.00466. The zero-order valence-corrected chi connectivity index (χ0v) is 12.2. The fourth-order valence-electron chi connectivity index (χ4n) is 2.82. The Kier molecular flexibility index (Phi) is 3.25. The molecule has 0 spiro atoms. The van der Waals surface area contributed by atoms with E-state index in [0.29, 0.717) is 24.8 Å². The van der Waals surface area contributed by atoms with E-state index in [9.17, 15) is 4.79 Å². The normalized spacial score (nSPS) is 17.7. The molecule has 22 heavy (non-hydrogen) atoms. The number of hydrogen-bond donors (Lipinski definition) is 2. The van der Waals surface area contributed by atoms with Gasteiger partial charge >= 0.3 is 0 Å². The SMILES string of the molecule is O=C(c1ccn[nH]1)N1CCc2ncnc(NC3CC3)c2CC1. The molecule has 3 heterocycles. The molecule has 1 aliphatic carbocycles. The molecule has 0 atom stereocenters. The smallest absolute Gasteiger partial charge is 0.271 e. The Bertz CT molecular complexity index is 679. The number of rotatable bonds is 3. The summed E-state index contributed by atoms with van der Waals surface area (Å²) in [5, 5.41) is 10.1. The van der Waals surface area contributed by atoms with Gasteiger partial charge in [0.05, 0.1) is 5.69 Å². The highest BCUT2D eigenvalue weighted by atomic mass is 16.2. The molecular weight excluding hydrogens is 280 g/mol. The van der Waals surface area contributed by atoms with E-state index in [1.54, 1.807) is 18.6 Å². The monoisotopic (exact) mass is 298 g/mol. The topological polar surface area (TPSA) is 86.8 Å². The maximum absolute atomic E-state index is 12.4. The number of nitrogens with zero attached hydrogens (tertiary/aromatic N) is 4. The summed E-state index contributed by atoms with van der Waals surface area (Å²) in [7, 11) is 0. The van der Waals surface area contributed by atoms with Crippen molar-refractivity contribution in [2.75, 3.05) is 18.4 Å². The number of aromatic nitrogens is 4. The summed E-state index contributed by atoms with van der Waals surface area (Å²) in [5.41, 5.74) is 2.75. The number of anilines is 1. The summed E-state index contributed by atoms with van der Waals surface area (Å²) in [6.45, 7) is 1.35. The fraction of sp³-hybridized carbons (Fsp3) is 0.467. The second kappa shape index (κ2) is 5.40. The minimum Gasteiger partial charge on any atom is -0.367 e. The van der Waals surface area contributed by atoms with Gasteiger partial charge in [0.2, 0.25) is 0 Å². The molecule has 4 rings (SSSR count). The summed E-state index contributed by atoms with van der Waals surface area (Å²) >= 11 is 0. The molecular formula is C15H18N6O. The number of amides is 1. The lowest BCUT2D eigenvalue weighted by Gasteiger charge is -2.19. The summed E-state index contributed by atoms with van der Waals surface area (Å²) in [5.74, 6) is 0.943. The number of carbonyl (C=O) groups is 1. The number of hydrogen-bond acceptors (Lipinski definition) is 5. The molecule has 2 aromatic heterocycles. The molecule has 0 bridgehead atoms. The van der Waals surface area contributed by atoms with Crippen LogP contribution >= 0.6 is 0 Å². The Morgan fingerprint density at radius 2 is 2.14 bits per heavy atom. The van der Waals surface area contributed by atoms with Gasteiger partial charge in [0.15, 0.2) is 0 Å². The van der Waals surface area contributed by atoms with E-state index in [1.165, 1.54) is 12.8 Å². The quantitative estimate of drug-likeness (QED) is 0.883. The van der Waals surface area contributed by atoms with Crippen LogP contribution in [0.2, 0.25) is 0 Å². The predicted octanol–water partition coefficient (Wildman–Crippen LogP) is 1.01. The van der Waals surface area contributed by atoms with E-state index >= 15 is 0 Å². The van der Waals surface area contributed by atoms with Crippen molar-refractivity contribution >= 4 is 11.7 Å². The molecule has 0 unspecified atom stereocenters. The van der Waals surface area contributed by atoms with E-state index in [2.05, 4.69) is 25.5 Å². The van der Waals surface area contributed by atoms with Crippen LogP contribution in [0.1, 0.15) is 34.6 Å². The fourth-order valence-corrected chi connectivity index (χ4v) is 2.82. The maximum Gasteiger partial charge on any atom is 0.271 e. The van der Waals surface area contributed by atoms with Crippen LogP contribution in [0.3, 0.4) is 0 Å². The number of carbonyl (C=O) groups excluding carboxylic acids is 1. The molecule has 0 aromatic carbocycles. The van der Waals surface area contributed by atoms with Crippen molar-refractivity contribution in [1.82, 2.24) is 25.1 Å². The Morgan fingerprint density at radius 1 is 1.27 bits per heavy atom. The third-order valence-corrected chi connectivity index (χ3v) is 4.22. The van der Waals surface area contributed by atoms with Crippen LogP contribution in [-0.4, -0.2) is 50.1 Å². The second-order valence-electron chi connectivity index (χ2n) is 5.83. The highest BCUT2D eigenvalue weighted by Gasteiger charge is 2.26. The number of H-pyrrole nitrogens is 1. The van der Waals surface area contributed by atoms with Crippen LogP contribution in [0.5, 0.6) is 0 Å². The van der Waals surface area contributed by atoms with E-state index < -0.39 is 0 Å². The van der Waals surface area contributed by atoms with Crippen LogP contribution < -0.4 is 5.32 Å². The lowest BCUT2D eigenvalue weighted by molar-refractivity contribution is 0.0757. The van der Waals surface area contributed by atoms with Crippen molar-refractivity contribution in [3.05, 3.63) is 35.5 Å². The van der Waals surface area contributed by atoms with Crippen molar-refractivity contribution in [3.8, 4) is 0 Å². The van der Waals surface area contributed by atoms with Crippen LogP contribution in [-0.2, 0) is 12.8 Å². The largest absolute Gasteiger partial charge is 0.367 e. The summed E-state index contributed by atoms with van der Waals surface area (Å²) in [6.07, 6.45) is 7.19. The first-order valence-electron chi connectivity index (χ1n) is 7.69. The molecule has 2 aromatic rings. The molecule has 2 aliphatic rings. The van der Waals surface area contributed by atoms with Crippen LogP contribution in [0.25, 0.3) is 0 Å². The summed E-state index contributed by atoms with van der Waals surface area (Å²) < 4.78 is 0. The predicted molar refractivity (Wildman–Crippen MR) is 80.6 cm³/mol. The first-order valence-corrected chi connectivity index (χ1v) is 7.69. The molecule has 1 saturated carbocycles. The van der Waals surface area contributed by atoms with Gasteiger partial charge in [-0.25, -0.2) is 9.97 Å². The maximum atomic E-state index is 12.4. The minimum absolute atomic E-state index is 0.00466. The zero-order chi connectivity index (χ0) is 14.9. The lowest BCUT2D eigenvalue weighted by atomic mass is 10.1. The van der Waals surface area contributed by atoms with Gasteiger partial charge in [-0.3, -0.25) is 9.89 Å². The molecule has 0 radical (unpaired) electrons. The van der Waals surface area contributed by atoms with Gasteiger partial charge < -0.3 is 10.2 Å². The van der Waals surface area contributed by atoms with Crippen molar-refractivity contribution in [2.24, 2.45) is 0 Å². The van der Waals surface area contributed by atoms with Gasteiger partial charge in [-0.15, -0.1) is 0 Å². The molecule has 1 amide bonds. The van der Waals surface area contributed by atoms with Crippen molar-refractivity contribution < 1.29 is 4.79 Å². The molecule has 114 valence electrons. The van der Waals surface area contributed by atoms with Gasteiger partial charge in [0, 0.05) is 37.3 Å². The number of aromatic amines is 1. The number of nitrogens with one attached hydrogen (secondary N) is 2. The van der Waals surface area contributed by atoms with Crippen molar-refractivity contribution in [2.45, 2.75) is 31.7 Å². The van der Waals surface area contributed by atoms with Crippen LogP contribution in [0.15, 0.2) is 18.6 Å². The van der Waals surface area contributed by atoms with Gasteiger partial charge in [0.25, 0.3) is 5.91 Å². The Hall–Kier alpha value is -2.44. The highest BCUT2D eigenvalue weighted by Crippen LogP contribution is 2.27. The molecule has 2 N–H and O–H groups in total. The van der Waals surface area contributed by atoms with E-state index in [-0.39, 0.29) is 5.91 Å². The van der Waals surface area contributed by atoms with E-state index in [0.717, 1.165) is 29.9 Å². The Labute approximate surface area is 128 Å². The standard InChI is InChI=1S/C15H18N6O/c22-15(13-3-6-18-20-13)21-7-4-11-12(5-8-21)16-9-17-14(11)19-10-1-2-10/h3,6,9-10H,1-2,4-5,7-8H2,(H,18,20)(H,16,17,19). The van der Waals surface area contributed by atoms with Gasteiger partial charge in [0.1, 0.15) is 17.8 Å². The van der Waals surface area contributed by atoms with Gasteiger partial charge in [-0.2, -0.15) is 5.10 Å². The molecule has 1 aliphatic heterocycles. The molecule has 1 fully saturated rings. The van der Waals surface area contributed by atoms with Gasteiger partial charge in [-0.1, -0.05) is 0 Å². The van der Waals surface area contributed by atoms with E-state index in [4.69, 9.17) is 0 Å². The third-order valence-electron chi connectivity index (χ3n) is 4.22. The average Bonchev–Trinajstić information content (AvgIpc) is 3.23.